The van der Waals surface area contributed by atoms with E-state index < -0.39 is 17.8 Å². The second-order valence-electron chi connectivity index (χ2n) is 4.15. The lowest BCUT2D eigenvalue weighted by atomic mass is 10.3. The van der Waals surface area contributed by atoms with Gasteiger partial charge in [-0.05, 0) is 32.0 Å². The zero-order valence-corrected chi connectivity index (χ0v) is 11.6. The molecule has 2 rings (SSSR count). The van der Waals surface area contributed by atoms with Crippen LogP contribution in [0.5, 0.6) is 5.75 Å². The van der Waals surface area contributed by atoms with Crippen LogP contribution >= 0.6 is 11.6 Å². The number of benzene rings is 1. The molecule has 0 aliphatic heterocycles. The Hall–Kier alpha value is -2.08. The molecule has 0 radical (unpaired) electrons. The molecule has 1 aromatic carbocycles. The van der Waals surface area contributed by atoms with Crippen molar-refractivity contribution in [3.63, 3.8) is 0 Å². The fourth-order valence-electron chi connectivity index (χ4n) is 1.47. The third-order valence-corrected chi connectivity index (χ3v) is 2.74. The van der Waals surface area contributed by atoms with Crippen LogP contribution in [0.4, 0.5) is 10.2 Å². The summed E-state index contributed by atoms with van der Waals surface area (Å²) in [6.07, 6.45) is -0.824. The summed E-state index contributed by atoms with van der Waals surface area (Å²) in [6, 6.07) is 5.26. The van der Waals surface area contributed by atoms with Crippen LogP contribution in [0.25, 0.3) is 0 Å². The number of nitrogens with one attached hydrogen (secondary N) is 1. The summed E-state index contributed by atoms with van der Waals surface area (Å²) in [6.45, 7) is 3.25. The zero-order valence-electron chi connectivity index (χ0n) is 10.8. The number of carbonyl (C=O) groups excluding carboxylic acids is 1. The van der Waals surface area contributed by atoms with Crippen LogP contribution in [-0.4, -0.2) is 17.2 Å². The van der Waals surface area contributed by atoms with Crippen molar-refractivity contribution < 1.29 is 18.4 Å². The molecule has 1 N–H and O–H groups in total. The van der Waals surface area contributed by atoms with Crippen LogP contribution in [0.15, 0.2) is 28.8 Å². The largest absolute Gasteiger partial charge is 0.479 e. The lowest BCUT2D eigenvalue weighted by Gasteiger charge is -2.14. The predicted molar refractivity (Wildman–Crippen MR) is 71.4 cm³/mol. The minimum Gasteiger partial charge on any atom is -0.479 e. The summed E-state index contributed by atoms with van der Waals surface area (Å²) in [4.78, 5) is 11.9. The van der Waals surface area contributed by atoms with Gasteiger partial charge in [-0.15, -0.1) is 0 Å². The van der Waals surface area contributed by atoms with Gasteiger partial charge in [0.25, 0.3) is 5.91 Å². The average Bonchev–Trinajstić information content (AvgIpc) is 2.78. The second-order valence-corrected chi connectivity index (χ2v) is 4.55. The molecule has 0 saturated carbocycles. The first-order valence-corrected chi connectivity index (χ1v) is 6.19. The van der Waals surface area contributed by atoms with Gasteiger partial charge in [0.1, 0.15) is 17.3 Å². The van der Waals surface area contributed by atoms with Gasteiger partial charge in [0.05, 0.1) is 5.02 Å². The minimum absolute atomic E-state index is 0.0990. The highest BCUT2D eigenvalue weighted by molar-refractivity contribution is 6.32. The molecule has 5 nitrogen and oxygen atoms in total. The average molecular weight is 299 g/mol. The Bertz CT molecular complexity index is 630. The van der Waals surface area contributed by atoms with E-state index in [0.29, 0.717) is 11.6 Å². The third kappa shape index (κ3) is 3.48. The normalized spacial score (nSPS) is 12.0. The Morgan fingerprint density at radius 2 is 2.25 bits per heavy atom. The summed E-state index contributed by atoms with van der Waals surface area (Å²) in [5.41, 5.74) is 0. The molecular formula is C13H12ClFN2O3. The Morgan fingerprint density at radius 3 is 2.85 bits per heavy atom. The number of amides is 1. The number of aromatic nitrogens is 1. The SMILES string of the molecule is Cc1cc(NC(=O)[C@H](C)Oc2ccc(F)cc2Cl)no1. The molecule has 1 aromatic heterocycles. The van der Waals surface area contributed by atoms with Crippen LogP contribution in [-0.2, 0) is 4.79 Å². The zero-order chi connectivity index (χ0) is 14.7. The van der Waals surface area contributed by atoms with Crippen molar-refractivity contribution >= 4 is 23.3 Å². The van der Waals surface area contributed by atoms with Crippen molar-refractivity contribution in [1.29, 1.82) is 0 Å². The first-order chi connectivity index (χ1) is 9.45. The van der Waals surface area contributed by atoms with Gasteiger partial charge in [0.2, 0.25) is 0 Å². The molecule has 1 atom stereocenters. The predicted octanol–water partition coefficient (Wildman–Crippen LogP) is 3.18. The standard InChI is InChI=1S/C13H12ClFN2O3/c1-7-5-12(17-20-7)16-13(18)8(2)19-11-4-3-9(15)6-10(11)14/h3-6,8H,1-2H3,(H,16,17,18)/t8-/m0/s1. The van der Waals surface area contributed by atoms with Crippen LogP contribution in [0.1, 0.15) is 12.7 Å². The molecule has 0 spiro atoms. The van der Waals surface area contributed by atoms with E-state index in [1.54, 1.807) is 19.9 Å². The van der Waals surface area contributed by atoms with Gasteiger partial charge in [0, 0.05) is 6.07 Å². The molecule has 7 heteroatoms. The third-order valence-electron chi connectivity index (χ3n) is 2.45. The number of ether oxygens (including phenoxy) is 1. The minimum atomic E-state index is -0.824. The monoisotopic (exact) mass is 298 g/mol. The number of anilines is 1. The fraction of sp³-hybridized carbons (Fsp3) is 0.231. The van der Waals surface area contributed by atoms with Crippen LogP contribution in [0.3, 0.4) is 0 Å². The number of hydrogen-bond donors (Lipinski definition) is 1. The number of rotatable bonds is 4. The molecule has 0 unspecified atom stereocenters. The number of carbonyl (C=O) groups is 1. The summed E-state index contributed by atoms with van der Waals surface area (Å²) in [7, 11) is 0. The van der Waals surface area contributed by atoms with E-state index in [1.807, 2.05) is 0 Å². The number of hydrogen-bond acceptors (Lipinski definition) is 4. The highest BCUT2D eigenvalue weighted by Gasteiger charge is 2.17. The second kappa shape index (κ2) is 5.92. The molecule has 106 valence electrons. The van der Waals surface area contributed by atoms with E-state index in [4.69, 9.17) is 20.9 Å². The smallest absolute Gasteiger partial charge is 0.266 e. The quantitative estimate of drug-likeness (QED) is 0.941. The summed E-state index contributed by atoms with van der Waals surface area (Å²) in [5.74, 6) is 0.215. The molecule has 20 heavy (non-hydrogen) atoms. The van der Waals surface area contributed by atoms with Gasteiger partial charge in [-0.2, -0.15) is 0 Å². The first-order valence-electron chi connectivity index (χ1n) is 5.81. The highest BCUT2D eigenvalue weighted by atomic mass is 35.5. The summed E-state index contributed by atoms with van der Waals surface area (Å²) < 4.78 is 23.1. The lowest BCUT2D eigenvalue weighted by Crippen LogP contribution is -2.30. The van der Waals surface area contributed by atoms with Gasteiger partial charge in [-0.3, -0.25) is 4.79 Å². The fourth-order valence-corrected chi connectivity index (χ4v) is 1.68. The van der Waals surface area contributed by atoms with Crippen LogP contribution in [0.2, 0.25) is 5.02 Å². The maximum atomic E-state index is 12.9. The molecule has 0 aliphatic rings. The summed E-state index contributed by atoms with van der Waals surface area (Å²) in [5, 5.41) is 6.26. The highest BCUT2D eigenvalue weighted by Crippen LogP contribution is 2.26. The Kier molecular flexibility index (Phi) is 4.24. The molecule has 1 amide bonds. The van der Waals surface area contributed by atoms with Gasteiger partial charge in [-0.25, -0.2) is 4.39 Å². The van der Waals surface area contributed by atoms with E-state index in [1.165, 1.54) is 12.1 Å². The van der Waals surface area contributed by atoms with Crippen LogP contribution < -0.4 is 10.1 Å². The molecule has 0 aliphatic carbocycles. The van der Waals surface area contributed by atoms with Gasteiger partial charge < -0.3 is 14.6 Å². The Morgan fingerprint density at radius 1 is 1.50 bits per heavy atom. The van der Waals surface area contributed by atoms with Crippen molar-refractivity contribution in [2.24, 2.45) is 0 Å². The van der Waals surface area contributed by atoms with E-state index in [0.717, 1.165) is 6.07 Å². The van der Waals surface area contributed by atoms with Gasteiger partial charge in [0.15, 0.2) is 11.9 Å². The molecule has 0 bridgehead atoms. The molecule has 1 heterocycles. The summed E-state index contributed by atoms with van der Waals surface area (Å²) >= 11 is 5.82. The topological polar surface area (TPSA) is 64.4 Å². The Balaban J connectivity index is 2.00. The van der Waals surface area contributed by atoms with Gasteiger partial charge in [-0.1, -0.05) is 16.8 Å². The van der Waals surface area contributed by atoms with E-state index >= 15 is 0 Å². The number of nitrogens with zero attached hydrogens (tertiary/aromatic N) is 1. The lowest BCUT2D eigenvalue weighted by molar-refractivity contribution is -0.122. The van der Waals surface area contributed by atoms with Crippen LogP contribution in [0, 0.1) is 12.7 Å². The molecule has 0 saturated heterocycles. The van der Waals surface area contributed by atoms with Crippen molar-refractivity contribution in [2.45, 2.75) is 20.0 Å². The maximum absolute atomic E-state index is 12.9. The Labute approximate surface area is 119 Å². The van der Waals surface area contributed by atoms with E-state index in [2.05, 4.69) is 10.5 Å². The van der Waals surface area contributed by atoms with Crippen molar-refractivity contribution in [3.05, 3.63) is 40.9 Å². The molecular weight excluding hydrogens is 287 g/mol. The number of aryl methyl sites for hydroxylation is 1. The molecule has 0 fully saturated rings. The maximum Gasteiger partial charge on any atom is 0.266 e. The van der Waals surface area contributed by atoms with Crippen molar-refractivity contribution in [3.8, 4) is 5.75 Å². The van der Waals surface area contributed by atoms with Crippen molar-refractivity contribution in [2.75, 3.05) is 5.32 Å². The van der Waals surface area contributed by atoms with E-state index in [-0.39, 0.29) is 10.8 Å². The number of halogens is 2. The molecule has 2 aromatic rings. The van der Waals surface area contributed by atoms with Gasteiger partial charge >= 0.3 is 0 Å². The van der Waals surface area contributed by atoms with E-state index in [9.17, 15) is 9.18 Å². The van der Waals surface area contributed by atoms with Crippen molar-refractivity contribution in [1.82, 2.24) is 5.16 Å². The first kappa shape index (κ1) is 14.3.